The van der Waals surface area contributed by atoms with E-state index in [0.717, 1.165) is 45.4 Å². The molecular formula is C10H20N2O. The summed E-state index contributed by atoms with van der Waals surface area (Å²) in [5, 5.41) is 0. The molecule has 0 radical (unpaired) electrons. The number of hydrogen-bond acceptors (Lipinski definition) is 2. The summed E-state index contributed by atoms with van der Waals surface area (Å²) in [6.45, 7) is 6.01. The summed E-state index contributed by atoms with van der Waals surface area (Å²) >= 11 is 0. The van der Waals surface area contributed by atoms with Gasteiger partial charge in [0.15, 0.2) is 0 Å². The summed E-state index contributed by atoms with van der Waals surface area (Å²) < 4.78 is 0. The Morgan fingerprint density at radius 2 is 1.85 bits per heavy atom. The summed E-state index contributed by atoms with van der Waals surface area (Å²) in [6, 6.07) is 0. The SMILES string of the molecule is CCCCC(=O)N1CCN(C)CC1. The Morgan fingerprint density at radius 3 is 2.38 bits per heavy atom. The number of rotatable bonds is 3. The molecule has 3 heteroatoms. The van der Waals surface area contributed by atoms with E-state index in [1.807, 2.05) is 4.90 Å². The Labute approximate surface area is 80.7 Å². The zero-order chi connectivity index (χ0) is 9.68. The van der Waals surface area contributed by atoms with Crippen molar-refractivity contribution in [3.05, 3.63) is 0 Å². The van der Waals surface area contributed by atoms with Crippen LogP contribution in [0, 0.1) is 0 Å². The molecule has 0 N–H and O–H groups in total. The van der Waals surface area contributed by atoms with Gasteiger partial charge in [-0.1, -0.05) is 13.3 Å². The average molecular weight is 184 g/mol. The highest BCUT2D eigenvalue weighted by Crippen LogP contribution is 2.04. The van der Waals surface area contributed by atoms with Crippen LogP contribution < -0.4 is 0 Å². The van der Waals surface area contributed by atoms with Crippen molar-refractivity contribution >= 4 is 5.91 Å². The molecule has 1 aliphatic heterocycles. The van der Waals surface area contributed by atoms with E-state index < -0.39 is 0 Å². The largest absolute Gasteiger partial charge is 0.340 e. The lowest BCUT2D eigenvalue weighted by Gasteiger charge is -2.32. The number of hydrogen-bond donors (Lipinski definition) is 0. The molecule has 1 aliphatic rings. The molecule has 0 aliphatic carbocycles. The van der Waals surface area contributed by atoms with Gasteiger partial charge < -0.3 is 9.80 Å². The molecule has 0 aromatic rings. The van der Waals surface area contributed by atoms with Crippen molar-refractivity contribution in [2.24, 2.45) is 0 Å². The van der Waals surface area contributed by atoms with E-state index in [1.165, 1.54) is 0 Å². The average Bonchev–Trinajstić information content (AvgIpc) is 2.15. The van der Waals surface area contributed by atoms with Crippen LogP contribution in [0.4, 0.5) is 0 Å². The van der Waals surface area contributed by atoms with E-state index in [2.05, 4.69) is 18.9 Å². The lowest BCUT2D eigenvalue weighted by Crippen LogP contribution is -2.47. The maximum absolute atomic E-state index is 11.6. The van der Waals surface area contributed by atoms with Crippen molar-refractivity contribution in [1.82, 2.24) is 9.80 Å². The fourth-order valence-corrected chi connectivity index (χ4v) is 1.54. The molecule has 0 bridgehead atoms. The van der Waals surface area contributed by atoms with Gasteiger partial charge in [0.2, 0.25) is 5.91 Å². The minimum Gasteiger partial charge on any atom is -0.340 e. The van der Waals surface area contributed by atoms with E-state index >= 15 is 0 Å². The first-order valence-electron chi connectivity index (χ1n) is 5.20. The van der Waals surface area contributed by atoms with Crippen molar-refractivity contribution in [3.8, 4) is 0 Å². The minimum absolute atomic E-state index is 0.343. The second-order valence-corrected chi connectivity index (χ2v) is 3.79. The van der Waals surface area contributed by atoms with Crippen molar-refractivity contribution in [2.45, 2.75) is 26.2 Å². The molecule has 0 spiro atoms. The summed E-state index contributed by atoms with van der Waals surface area (Å²) in [7, 11) is 2.11. The molecule has 0 aromatic heterocycles. The van der Waals surface area contributed by atoms with Gasteiger partial charge in [-0.2, -0.15) is 0 Å². The van der Waals surface area contributed by atoms with Gasteiger partial charge in [0.25, 0.3) is 0 Å². The first-order chi connectivity index (χ1) is 6.24. The number of piperazine rings is 1. The van der Waals surface area contributed by atoms with Crippen molar-refractivity contribution < 1.29 is 4.79 Å². The van der Waals surface area contributed by atoms with Crippen LogP contribution in [-0.4, -0.2) is 48.9 Å². The summed E-state index contributed by atoms with van der Waals surface area (Å²) in [6.07, 6.45) is 2.88. The summed E-state index contributed by atoms with van der Waals surface area (Å²) in [4.78, 5) is 15.8. The third-order valence-electron chi connectivity index (χ3n) is 2.60. The van der Waals surface area contributed by atoms with Crippen LogP contribution in [0.15, 0.2) is 0 Å². The van der Waals surface area contributed by atoms with Crippen LogP contribution in [0.2, 0.25) is 0 Å². The molecule has 0 unspecified atom stereocenters. The minimum atomic E-state index is 0.343. The van der Waals surface area contributed by atoms with Crippen molar-refractivity contribution in [1.29, 1.82) is 0 Å². The van der Waals surface area contributed by atoms with Crippen LogP contribution in [0.25, 0.3) is 0 Å². The zero-order valence-corrected chi connectivity index (χ0v) is 8.75. The van der Waals surface area contributed by atoms with E-state index in [9.17, 15) is 4.79 Å². The zero-order valence-electron chi connectivity index (χ0n) is 8.75. The van der Waals surface area contributed by atoms with E-state index in [4.69, 9.17) is 0 Å². The number of unbranched alkanes of at least 4 members (excludes halogenated alkanes) is 1. The predicted octanol–water partition coefficient (Wildman–Crippen LogP) is 0.951. The Morgan fingerprint density at radius 1 is 1.23 bits per heavy atom. The highest BCUT2D eigenvalue weighted by atomic mass is 16.2. The van der Waals surface area contributed by atoms with Crippen molar-refractivity contribution in [2.75, 3.05) is 33.2 Å². The van der Waals surface area contributed by atoms with Gasteiger partial charge in [-0.15, -0.1) is 0 Å². The third-order valence-corrected chi connectivity index (χ3v) is 2.60. The van der Waals surface area contributed by atoms with Gasteiger partial charge in [0.05, 0.1) is 0 Å². The fourth-order valence-electron chi connectivity index (χ4n) is 1.54. The van der Waals surface area contributed by atoms with Gasteiger partial charge in [-0.25, -0.2) is 0 Å². The molecule has 1 amide bonds. The third kappa shape index (κ3) is 3.35. The number of likely N-dealkylation sites (N-methyl/N-ethyl adjacent to an activating group) is 1. The highest BCUT2D eigenvalue weighted by Gasteiger charge is 2.17. The lowest BCUT2D eigenvalue weighted by atomic mass is 10.2. The first kappa shape index (κ1) is 10.5. The number of carbonyl (C=O) groups excluding carboxylic acids is 1. The normalized spacial score (nSPS) is 19.1. The van der Waals surface area contributed by atoms with Crippen LogP contribution in [-0.2, 0) is 4.79 Å². The van der Waals surface area contributed by atoms with E-state index in [-0.39, 0.29) is 0 Å². The van der Waals surface area contributed by atoms with Gasteiger partial charge >= 0.3 is 0 Å². The number of nitrogens with zero attached hydrogens (tertiary/aromatic N) is 2. The number of amides is 1. The molecule has 13 heavy (non-hydrogen) atoms. The maximum atomic E-state index is 11.6. The van der Waals surface area contributed by atoms with Crippen LogP contribution >= 0.6 is 0 Å². The van der Waals surface area contributed by atoms with Gasteiger partial charge in [0.1, 0.15) is 0 Å². The van der Waals surface area contributed by atoms with Gasteiger partial charge in [0, 0.05) is 32.6 Å². The fraction of sp³-hybridized carbons (Fsp3) is 0.900. The van der Waals surface area contributed by atoms with Crippen LogP contribution in [0.5, 0.6) is 0 Å². The maximum Gasteiger partial charge on any atom is 0.222 e. The predicted molar refractivity (Wildman–Crippen MR) is 53.6 cm³/mol. The second kappa shape index (κ2) is 5.22. The molecule has 1 rings (SSSR count). The molecule has 1 fully saturated rings. The molecule has 1 heterocycles. The summed E-state index contributed by atoms with van der Waals surface area (Å²) in [5.74, 6) is 0.343. The van der Waals surface area contributed by atoms with Gasteiger partial charge in [-0.05, 0) is 13.5 Å². The quantitative estimate of drug-likeness (QED) is 0.652. The Kier molecular flexibility index (Phi) is 4.22. The lowest BCUT2D eigenvalue weighted by molar-refractivity contribution is -0.132. The molecule has 1 saturated heterocycles. The molecular weight excluding hydrogens is 164 g/mol. The van der Waals surface area contributed by atoms with Crippen LogP contribution in [0.1, 0.15) is 26.2 Å². The molecule has 0 atom stereocenters. The molecule has 3 nitrogen and oxygen atoms in total. The molecule has 76 valence electrons. The monoisotopic (exact) mass is 184 g/mol. The Hall–Kier alpha value is -0.570. The van der Waals surface area contributed by atoms with E-state index in [1.54, 1.807) is 0 Å². The Bertz CT molecular complexity index is 162. The highest BCUT2D eigenvalue weighted by molar-refractivity contribution is 5.76. The number of carbonyl (C=O) groups is 1. The smallest absolute Gasteiger partial charge is 0.222 e. The first-order valence-corrected chi connectivity index (χ1v) is 5.20. The molecule has 0 saturated carbocycles. The molecule has 0 aromatic carbocycles. The topological polar surface area (TPSA) is 23.6 Å². The van der Waals surface area contributed by atoms with Gasteiger partial charge in [-0.3, -0.25) is 4.79 Å². The summed E-state index contributed by atoms with van der Waals surface area (Å²) in [5.41, 5.74) is 0. The standard InChI is InChI=1S/C10H20N2O/c1-3-4-5-10(13)12-8-6-11(2)7-9-12/h3-9H2,1-2H3. The Balaban J connectivity index is 2.23. The van der Waals surface area contributed by atoms with Crippen LogP contribution in [0.3, 0.4) is 0 Å². The van der Waals surface area contributed by atoms with Crippen molar-refractivity contribution in [3.63, 3.8) is 0 Å². The second-order valence-electron chi connectivity index (χ2n) is 3.79. The van der Waals surface area contributed by atoms with E-state index in [0.29, 0.717) is 5.91 Å².